The fourth-order valence-electron chi connectivity index (χ4n) is 5.15. The highest BCUT2D eigenvalue weighted by molar-refractivity contribution is 7.98. The summed E-state index contributed by atoms with van der Waals surface area (Å²) in [5, 5.41) is 12.1. The smallest absolute Gasteiger partial charge is 0.408 e. The summed E-state index contributed by atoms with van der Waals surface area (Å²) in [4.78, 5) is 28.8. The fraction of sp³-hybridized carbons (Fsp3) is 0.171. The quantitative estimate of drug-likeness (QED) is 0.106. The molecule has 1 heterocycles. The summed E-state index contributed by atoms with van der Waals surface area (Å²) in [6.07, 6.45) is 3.43. The van der Waals surface area contributed by atoms with Gasteiger partial charge in [-0.3, -0.25) is 0 Å². The Hall–Kier alpha value is -4.53. The number of nitrogens with zero attached hydrogens (tertiary/aromatic N) is 2. The third-order valence-corrected chi connectivity index (χ3v) is 8.23. The van der Waals surface area contributed by atoms with E-state index in [9.17, 15) is 14.7 Å². The van der Waals surface area contributed by atoms with E-state index in [1.54, 1.807) is 11.8 Å². The number of carbonyl (C=O) groups is 2. The van der Waals surface area contributed by atoms with Crippen molar-refractivity contribution in [1.82, 2.24) is 14.9 Å². The van der Waals surface area contributed by atoms with Crippen LogP contribution in [0, 0.1) is 0 Å². The van der Waals surface area contributed by atoms with Gasteiger partial charge in [0.2, 0.25) is 0 Å². The minimum atomic E-state index is -1.10. The lowest BCUT2D eigenvalue weighted by Crippen LogP contribution is -2.41. The van der Waals surface area contributed by atoms with Crippen molar-refractivity contribution in [3.05, 3.63) is 162 Å². The first-order chi connectivity index (χ1) is 21.1. The monoisotopic (exact) mass is 627 g/mol. The largest absolute Gasteiger partial charge is 0.480 e. The van der Waals surface area contributed by atoms with Crippen LogP contribution in [-0.4, -0.2) is 38.5 Å². The summed E-state index contributed by atoms with van der Waals surface area (Å²) >= 11 is 1.57. The van der Waals surface area contributed by atoms with Gasteiger partial charge in [0.15, 0.2) is 0 Å². The van der Waals surface area contributed by atoms with Crippen molar-refractivity contribution in [3.63, 3.8) is 0 Å². The third-order valence-electron chi connectivity index (χ3n) is 7.20. The Morgan fingerprint density at radius 2 is 1.32 bits per heavy atom. The van der Waals surface area contributed by atoms with E-state index >= 15 is 0 Å². The lowest BCUT2D eigenvalue weighted by Gasteiger charge is -2.37. The van der Waals surface area contributed by atoms with Crippen LogP contribution in [0.4, 0.5) is 4.79 Å². The Balaban J connectivity index is 0.00000442. The number of hydrogen-bond donors (Lipinski definition) is 2. The normalized spacial score (nSPS) is 11.6. The number of ether oxygens (including phenoxy) is 1. The lowest BCUT2D eigenvalue weighted by molar-refractivity contribution is -0.139. The van der Waals surface area contributed by atoms with Crippen molar-refractivity contribution in [1.29, 1.82) is 0 Å². The van der Waals surface area contributed by atoms with Gasteiger partial charge in [-0.05, 0) is 34.4 Å². The highest BCUT2D eigenvalue weighted by Gasteiger charge is 2.38. The van der Waals surface area contributed by atoms with E-state index in [-0.39, 0.29) is 25.4 Å². The number of benzene rings is 4. The van der Waals surface area contributed by atoms with Gasteiger partial charge in [-0.25, -0.2) is 14.6 Å². The molecule has 0 bridgehead atoms. The Kier molecular flexibility index (Phi) is 11.6. The maximum Gasteiger partial charge on any atom is 0.408 e. The van der Waals surface area contributed by atoms with Crippen molar-refractivity contribution in [3.8, 4) is 0 Å². The molecule has 226 valence electrons. The Labute approximate surface area is 267 Å². The highest BCUT2D eigenvalue weighted by Crippen LogP contribution is 2.40. The zero-order valence-electron chi connectivity index (χ0n) is 24.0. The molecule has 0 spiro atoms. The highest BCUT2D eigenvalue weighted by atomic mass is 35.5. The van der Waals surface area contributed by atoms with Gasteiger partial charge >= 0.3 is 12.1 Å². The van der Waals surface area contributed by atoms with Crippen molar-refractivity contribution < 1.29 is 19.4 Å². The first-order valence-electron chi connectivity index (χ1n) is 14.0. The molecule has 1 amide bonds. The van der Waals surface area contributed by atoms with E-state index in [0.717, 1.165) is 27.9 Å². The molecule has 4 aromatic carbocycles. The summed E-state index contributed by atoms with van der Waals surface area (Å²) in [5.41, 5.74) is 4.39. The molecule has 0 radical (unpaired) electrons. The molecule has 5 aromatic rings. The van der Waals surface area contributed by atoms with Crippen LogP contribution in [0.2, 0.25) is 0 Å². The van der Waals surface area contributed by atoms with Gasteiger partial charge in [0.25, 0.3) is 0 Å². The molecule has 0 saturated carbocycles. The van der Waals surface area contributed by atoms with Crippen LogP contribution < -0.4 is 5.32 Å². The summed E-state index contributed by atoms with van der Waals surface area (Å²) < 4.78 is 7.36. The minimum Gasteiger partial charge on any atom is -0.480 e. The average molecular weight is 628 g/mol. The molecule has 0 aliphatic rings. The number of alkyl carbamates (subject to hydrolysis) is 1. The first-order valence-corrected chi connectivity index (χ1v) is 15.2. The summed E-state index contributed by atoms with van der Waals surface area (Å²) in [6.45, 7) is 0.0762. The van der Waals surface area contributed by atoms with E-state index in [1.807, 2.05) is 91.3 Å². The number of aromatic nitrogens is 2. The van der Waals surface area contributed by atoms with Crippen molar-refractivity contribution in [2.45, 2.75) is 30.4 Å². The second kappa shape index (κ2) is 15.8. The lowest BCUT2D eigenvalue weighted by atomic mass is 9.77. The predicted octanol–water partition coefficient (Wildman–Crippen LogP) is 7.15. The molecule has 2 N–H and O–H groups in total. The SMILES string of the molecule is Cl.O=C(N[C@@H](CCSCc1cn(C(c2ccccc2)(c2ccccc2)c2ccccc2)cn1)C(=O)O)OCc1ccccc1. The van der Waals surface area contributed by atoms with E-state index in [1.165, 1.54) is 0 Å². The summed E-state index contributed by atoms with van der Waals surface area (Å²) in [5.74, 6) is 0.0101. The van der Waals surface area contributed by atoms with E-state index < -0.39 is 23.6 Å². The second-order valence-corrected chi connectivity index (χ2v) is 11.1. The Bertz CT molecular complexity index is 1510. The zero-order valence-corrected chi connectivity index (χ0v) is 25.6. The van der Waals surface area contributed by atoms with Gasteiger partial charge in [-0.2, -0.15) is 11.8 Å². The first kappa shape index (κ1) is 32.4. The number of carbonyl (C=O) groups excluding carboxylic acids is 1. The van der Waals surface area contributed by atoms with Crippen molar-refractivity contribution in [2.24, 2.45) is 0 Å². The molecule has 0 saturated heterocycles. The van der Waals surface area contributed by atoms with Gasteiger partial charge in [-0.1, -0.05) is 121 Å². The molecule has 1 atom stereocenters. The fourth-order valence-corrected chi connectivity index (χ4v) is 6.05. The molecule has 1 aromatic heterocycles. The topological polar surface area (TPSA) is 93.5 Å². The van der Waals surface area contributed by atoms with E-state index in [2.05, 4.69) is 52.5 Å². The number of amides is 1. The minimum absolute atomic E-state index is 0. The number of halogens is 1. The van der Waals surface area contributed by atoms with Crippen LogP contribution in [0.5, 0.6) is 0 Å². The molecule has 0 aliphatic carbocycles. The molecule has 0 aliphatic heterocycles. The number of thioether (sulfide) groups is 1. The third kappa shape index (κ3) is 7.70. The maximum atomic E-state index is 12.2. The van der Waals surface area contributed by atoms with Crippen LogP contribution in [0.3, 0.4) is 0 Å². The van der Waals surface area contributed by atoms with Crippen LogP contribution in [0.1, 0.15) is 34.4 Å². The Morgan fingerprint density at radius 3 is 1.82 bits per heavy atom. The van der Waals surface area contributed by atoms with Gasteiger partial charge in [0.05, 0.1) is 12.0 Å². The molecule has 44 heavy (non-hydrogen) atoms. The van der Waals surface area contributed by atoms with E-state index in [4.69, 9.17) is 9.72 Å². The average Bonchev–Trinajstić information content (AvgIpc) is 3.53. The van der Waals surface area contributed by atoms with Gasteiger partial charge in [0, 0.05) is 11.9 Å². The Morgan fingerprint density at radius 1 is 0.818 bits per heavy atom. The number of nitrogens with one attached hydrogen (secondary N) is 1. The molecule has 7 nitrogen and oxygen atoms in total. The number of hydrogen-bond acceptors (Lipinski definition) is 5. The molecular formula is C35H34ClN3O4S. The van der Waals surface area contributed by atoms with E-state index in [0.29, 0.717) is 11.5 Å². The summed E-state index contributed by atoms with van der Waals surface area (Å²) in [7, 11) is 0. The molecule has 0 unspecified atom stereocenters. The zero-order chi connectivity index (χ0) is 29.9. The molecule has 0 fully saturated rings. The standard InChI is InChI=1S/C35H33N3O4S.ClH/c39-33(40)32(37-34(41)42-24-27-13-5-1-6-14-27)21-22-43-25-31-23-38(26-36-31)35(28-15-7-2-8-16-28,29-17-9-3-10-18-29)30-19-11-4-12-20-30;/h1-20,23,26,32H,21-22,24-25H2,(H,37,41)(H,39,40);1H/t32-;/m0./s1. The van der Waals surface area contributed by atoms with Gasteiger partial charge in [-0.15, -0.1) is 12.4 Å². The number of carboxylic acid groups (broad SMARTS) is 1. The number of carboxylic acids is 1. The van der Waals surface area contributed by atoms with Crippen LogP contribution in [0.15, 0.2) is 134 Å². The summed E-state index contributed by atoms with van der Waals surface area (Å²) in [6, 6.07) is 39.4. The van der Waals surface area contributed by atoms with Crippen molar-refractivity contribution >= 4 is 36.2 Å². The molecular weight excluding hydrogens is 594 g/mol. The number of imidazole rings is 1. The van der Waals surface area contributed by atoms with Crippen LogP contribution in [0.25, 0.3) is 0 Å². The maximum absolute atomic E-state index is 12.2. The van der Waals surface area contributed by atoms with Crippen LogP contribution in [-0.2, 0) is 27.4 Å². The molecule has 5 rings (SSSR count). The van der Waals surface area contributed by atoms with Crippen molar-refractivity contribution in [2.75, 3.05) is 5.75 Å². The predicted molar refractivity (Wildman–Crippen MR) is 176 cm³/mol. The second-order valence-electron chi connectivity index (χ2n) is 10.0. The van der Waals surface area contributed by atoms with Gasteiger partial charge in [0.1, 0.15) is 18.2 Å². The number of aliphatic carboxylic acids is 1. The van der Waals surface area contributed by atoms with Crippen LogP contribution >= 0.6 is 24.2 Å². The molecule has 9 heteroatoms. The van der Waals surface area contributed by atoms with Gasteiger partial charge < -0.3 is 19.7 Å². The number of rotatable bonds is 13.